The van der Waals surface area contributed by atoms with Gasteiger partial charge < -0.3 is 19.7 Å². The maximum absolute atomic E-state index is 11.5. The first-order chi connectivity index (χ1) is 18.5. The molecule has 0 heterocycles. The Labute approximate surface area is 219 Å². The monoisotopic (exact) mass is 502 g/mol. The maximum atomic E-state index is 11.5. The molecule has 0 unspecified atom stereocenters. The van der Waals surface area contributed by atoms with Crippen molar-refractivity contribution in [2.24, 2.45) is 0 Å². The molecule has 0 aliphatic rings. The van der Waals surface area contributed by atoms with Crippen molar-refractivity contribution < 1.29 is 29.3 Å². The number of para-hydroxylation sites is 2. The smallest absolute Gasteiger partial charge is 0.339 e. The van der Waals surface area contributed by atoms with Crippen LogP contribution in [0.3, 0.4) is 0 Å². The molecule has 0 bridgehead atoms. The van der Waals surface area contributed by atoms with Crippen LogP contribution in [0.4, 0.5) is 0 Å². The summed E-state index contributed by atoms with van der Waals surface area (Å²) in [5, 5.41) is 18.8. The van der Waals surface area contributed by atoms with Gasteiger partial charge in [-0.1, -0.05) is 72.8 Å². The van der Waals surface area contributed by atoms with E-state index in [2.05, 4.69) is 0 Å². The number of hydrogen-bond donors (Lipinski definition) is 2. The van der Waals surface area contributed by atoms with Gasteiger partial charge in [-0.2, -0.15) is 0 Å². The molecule has 0 fully saturated rings. The fourth-order valence-electron chi connectivity index (χ4n) is 4.11. The zero-order chi connectivity index (χ0) is 26.5. The minimum absolute atomic E-state index is 0.0980. The molecule has 0 radical (unpaired) electrons. The number of hydrogen-bond acceptors (Lipinski definition) is 4. The summed E-state index contributed by atoms with van der Waals surface area (Å²) >= 11 is 0. The fraction of sp³-hybridized carbons (Fsp3) is 0. The van der Waals surface area contributed by atoms with Crippen LogP contribution in [0.2, 0.25) is 0 Å². The second kappa shape index (κ2) is 10.7. The first kappa shape index (κ1) is 24.3. The highest BCUT2D eigenvalue weighted by atomic mass is 16.5. The summed E-state index contributed by atoms with van der Waals surface area (Å²) in [6, 6.07) is 36.0. The van der Waals surface area contributed by atoms with Gasteiger partial charge in [-0.05, 0) is 70.8 Å². The van der Waals surface area contributed by atoms with Crippen molar-refractivity contribution >= 4 is 11.9 Å². The van der Waals surface area contributed by atoms with Crippen LogP contribution in [0.25, 0.3) is 22.3 Å². The van der Waals surface area contributed by atoms with Crippen LogP contribution in [0, 0.1) is 0 Å². The van der Waals surface area contributed by atoms with Gasteiger partial charge in [0.2, 0.25) is 0 Å². The lowest BCUT2D eigenvalue weighted by Gasteiger charge is -2.13. The summed E-state index contributed by atoms with van der Waals surface area (Å²) in [6.07, 6.45) is 0. The third kappa shape index (κ3) is 5.24. The average molecular weight is 503 g/mol. The highest BCUT2D eigenvalue weighted by Gasteiger charge is 2.13. The van der Waals surface area contributed by atoms with E-state index in [0.717, 1.165) is 22.3 Å². The van der Waals surface area contributed by atoms with E-state index in [1.807, 2.05) is 72.8 Å². The Bertz CT molecular complexity index is 1480. The number of carboxylic acid groups (broad SMARTS) is 2. The van der Waals surface area contributed by atoms with Crippen molar-refractivity contribution in [1.82, 2.24) is 0 Å². The van der Waals surface area contributed by atoms with Crippen molar-refractivity contribution in [3.8, 4) is 45.3 Å². The number of carboxylic acids is 2. The van der Waals surface area contributed by atoms with Crippen molar-refractivity contribution in [2.75, 3.05) is 0 Å². The van der Waals surface area contributed by atoms with Gasteiger partial charge >= 0.3 is 11.9 Å². The standard InChI is InChI=1S/C32H22O6/c33-31(34)27-9-3-5-11-29(27)37-23-17-13-21(14-18-23)25-7-1-2-8-26(25)22-15-19-24(20-16-22)38-30-12-6-4-10-28(30)32(35)36/h1-20H,(H,33,34)(H,35,36). The number of rotatable bonds is 8. The van der Waals surface area contributed by atoms with E-state index in [1.54, 1.807) is 36.4 Å². The zero-order valence-corrected chi connectivity index (χ0v) is 20.1. The molecular formula is C32H22O6. The van der Waals surface area contributed by atoms with Crippen LogP contribution < -0.4 is 9.47 Å². The van der Waals surface area contributed by atoms with Crippen LogP contribution in [-0.2, 0) is 0 Å². The molecule has 6 nitrogen and oxygen atoms in total. The second-order valence-corrected chi connectivity index (χ2v) is 8.40. The Hall–Kier alpha value is -5.36. The molecule has 0 saturated heterocycles. The molecule has 0 amide bonds. The Morgan fingerprint density at radius 3 is 1.16 bits per heavy atom. The van der Waals surface area contributed by atoms with Crippen LogP contribution >= 0.6 is 0 Å². The molecule has 5 aromatic rings. The van der Waals surface area contributed by atoms with E-state index >= 15 is 0 Å². The molecule has 0 spiro atoms. The molecule has 186 valence electrons. The molecule has 0 saturated carbocycles. The molecule has 2 N–H and O–H groups in total. The molecule has 6 heteroatoms. The normalized spacial score (nSPS) is 10.5. The van der Waals surface area contributed by atoms with Gasteiger partial charge in [0.1, 0.15) is 34.1 Å². The highest BCUT2D eigenvalue weighted by molar-refractivity contribution is 5.91. The molecule has 38 heavy (non-hydrogen) atoms. The molecule has 5 rings (SSSR count). The van der Waals surface area contributed by atoms with Crippen molar-refractivity contribution in [3.63, 3.8) is 0 Å². The molecule has 0 aromatic heterocycles. The van der Waals surface area contributed by atoms with Crippen molar-refractivity contribution in [3.05, 3.63) is 132 Å². The summed E-state index contributed by atoms with van der Waals surface area (Å²) in [6.45, 7) is 0. The van der Waals surface area contributed by atoms with E-state index in [0.29, 0.717) is 11.5 Å². The van der Waals surface area contributed by atoms with E-state index in [1.165, 1.54) is 12.1 Å². The molecule has 0 atom stereocenters. The summed E-state index contributed by atoms with van der Waals surface area (Å²) in [7, 11) is 0. The lowest BCUT2D eigenvalue weighted by Crippen LogP contribution is -1.99. The summed E-state index contributed by atoms with van der Waals surface area (Å²) < 4.78 is 11.7. The largest absolute Gasteiger partial charge is 0.478 e. The number of benzene rings is 5. The van der Waals surface area contributed by atoms with E-state index in [9.17, 15) is 19.8 Å². The Morgan fingerprint density at radius 2 is 0.789 bits per heavy atom. The minimum atomic E-state index is -1.05. The summed E-state index contributed by atoms with van der Waals surface area (Å²) in [4.78, 5) is 22.9. The first-order valence-corrected chi connectivity index (χ1v) is 11.8. The third-order valence-electron chi connectivity index (χ3n) is 5.95. The van der Waals surface area contributed by atoms with Gasteiger partial charge in [-0.25, -0.2) is 9.59 Å². The topological polar surface area (TPSA) is 93.1 Å². The second-order valence-electron chi connectivity index (χ2n) is 8.40. The van der Waals surface area contributed by atoms with Crippen LogP contribution in [0.5, 0.6) is 23.0 Å². The van der Waals surface area contributed by atoms with Gasteiger partial charge in [0.15, 0.2) is 0 Å². The highest BCUT2D eigenvalue weighted by Crippen LogP contribution is 2.35. The van der Waals surface area contributed by atoms with Gasteiger partial charge in [-0.15, -0.1) is 0 Å². The fourth-order valence-corrected chi connectivity index (χ4v) is 4.11. The van der Waals surface area contributed by atoms with Crippen molar-refractivity contribution in [2.45, 2.75) is 0 Å². The molecular weight excluding hydrogens is 480 g/mol. The van der Waals surface area contributed by atoms with Crippen molar-refractivity contribution in [1.29, 1.82) is 0 Å². The number of ether oxygens (including phenoxy) is 2. The Kier molecular flexibility index (Phi) is 6.87. The predicted molar refractivity (Wildman–Crippen MR) is 144 cm³/mol. The Morgan fingerprint density at radius 1 is 0.447 bits per heavy atom. The van der Waals surface area contributed by atoms with Gasteiger partial charge in [0.25, 0.3) is 0 Å². The van der Waals surface area contributed by atoms with Gasteiger partial charge in [0.05, 0.1) is 0 Å². The van der Waals surface area contributed by atoms with E-state index in [4.69, 9.17) is 9.47 Å². The number of carbonyl (C=O) groups is 2. The average Bonchev–Trinajstić information content (AvgIpc) is 2.94. The van der Waals surface area contributed by atoms with Crippen LogP contribution in [0.15, 0.2) is 121 Å². The summed E-state index contributed by atoms with van der Waals surface area (Å²) in [5.74, 6) is -0.476. The maximum Gasteiger partial charge on any atom is 0.339 e. The van der Waals surface area contributed by atoms with E-state index in [-0.39, 0.29) is 22.6 Å². The lowest BCUT2D eigenvalue weighted by molar-refractivity contribution is 0.0683. The SMILES string of the molecule is O=C(O)c1ccccc1Oc1ccc(-c2ccccc2-c2ccc(Oc3ccccc3C(=O)O)cc2)cc1. The lowest BCUT2D eigenvalue weighted by atomic mass is 9.94. The first-order valence-electron chi connectivity index (χ1n) is 11.8. The van der Waals surface area contributed by atoms with Crippen LogP contribution in [-0.4, -0.2) is 22.2 Å². The molecule has 5 aromatic carbocycles. The quantitative estimate of drug-likeness (QED) is 0.223. The van der Waals surface area contributed by atoms with Gasteiger partial charge in [0, 0.05) is 0 Å². The van der Waals surface area contributed by atoms with E-state index < -0.39 is 11.9 Å². The molecule has 0 aliphatic carbocycles. The minimum Gasteiger partial charge on any atom is -0.478 e. The molecule has 0 aliphatic heterocycles. The predicted octanol–water partition coefficient (Wildman–Crippen LogP) is 8.00. The number of aromatic carboxylic acids is 2. The van der Waals surface area contributed by atoms with Crippen LogP contribution in [0.1, 0.15) is 20.7 Å². The summed E-state index contributed by atoms with van der Waals surface area (Å²) in [5.41, 5.74) is 4.15. The Balaban J connectivity index is 1.38. The third-order valence-corrected chi connectivity index (χ3v) is 5.95. The van der Waals surface area contributed by atoms with Gasteiger partial charge in [-0.3, -0.25) is 0 Å². The zero-order valence-electron chi connectivity index (χ0n) is 20.1.